The van der Waals surface area contributed by atoms with Crippen LogP contribution < -0.4 is 15.0 Å². The second-order valence-electron chi connectivity index (χ2n) is 11.8. The first kappa shape index (κ1) is 30.4. The Morgan fingerprint density at radius 3 is 2.80 bits per heavy atom. The number of nitrogens with zero attached hydrogens (tertiary/aromatic N) is 2. The van der Waals surface area contributed by atoms with Crippen LogP contribution in [0.2, 0.25) is 5.02 Å². The summed E-state index contributed by atoms with van der Waals surface area (Å²) in [4.78, 5) is 29.9. The van der Waals surface area contributed by atoms with Gasteiger partial charge in [0, 0.05) is 54.7 Å². The second kappa shape index (κ2) is 12.4. The van der Waals surface area contributed by atoms with Crippen LogP contribution >= 0.6 is 11.6 Å². The molecule has 0 aromatic heterocycles. The van der Waals surface area contributed by atoms with Crippen molar-refractivity contribution in [2.75, 3.05) is 45.3 Å². The molecule has 1 fully saturated rings. The maximum atomic E-state index is 15.1. The van der Waals surface area contributed by atoms with Crippen molar-refractivity contribution in [3.8, 4) is 16.9 Å². The van der Waals surface area contributed by atoms with Crippen LogP contribution in [0.5, 0.6) is 5.75 Å². The molecule has 232 valence electrons. The van der Waals surface area contributed by atoms with Gasteiger partial charge in [-0.2, -0.15) is 0 Å². The molecule has 1 unspecified atom stereocenters. The third-order valence-electron chi connectivity index (χ3n) is 9.22. The number of amides is 2. The number of anilines is 1. The van der Waals surface area contributed by atoms with E-state index in [1.165, 1.54) is 19.2 Å². The molecule has 10 heteroatoms. The molecular formula is C34H37ClFN3O5. The third-order valence-corrected chi connectivity index (χ3v) is 9.53. The van der Waals surface area contributed by atoms with E-state index in [1.807, 2.05) is 24.3 Å². The average molecular weight is 622 g/mol. The molecule has 0 spiro atoms. The SMILES string of the molecule is CNCc1ccc(C(=O)N2CCC[C@@H](C3(O)CCCN(C(=O)OC)c4cc(cc5c4CCO5)-c4c(Cl)cccc43)C2)c(F)c1. The minimum atomic E-state index is -1.40. The van der Waals surface area contributed by atoms with E-state index in [9.17, 15) is 14.7 Å². The number of fused-ring (bicyclic) bond motifs is 6. The van der Waals surface area contributed by atoms with E-state index in [0.29, 0.717) is 80.2 Å². The van der Waals surface area contributed by atoms with Crippen LogP contribution in [0.3, 0.4) is 0 Å². The van der Waals surface area contributed by atoms with Gasteiger partial charge in [-0.25, -0.2) is 9.18 Å². The van der Waals surface area contributed by atoms with E-state index in [2.05, 4.69) is 5.32 Å². The van der Waals surface area contributed by atoms with Crippen molar-refractivity contribution in [1.29, 1.82) is 0 Å². The summed E-state index contributed by atoms with van der Waals surface area (Å²) < 4.78 is 26.2. The fraction of sp³-hybridized carbons (Fsp3) is 0.412. The zero-order chi connectivity index (χ0) is 31.0. The number of piperidine rings is 1. The summed E-state index contributed by atoms with van der Waals surface area (Å²) in [6, 6.07) is 14.0. The molecule has 0 aliphatic carbocycles. The highest BCUT2D eigenvalue weighted by Crippen LogP contribution is 2.49. The van der Waals surface area contributed by atoms with Crippen LogP contribution in [0.25, 0.3) is 11.1 Å². The van der Waals surface area contributed by atoms with Crippen LogP contribution in [0.15, 0.2) is 48.5 Å². The smallest absolute Gasteiger partial charge is 0.414 e. The molecule has 3 heterocycles. The first-order valence-corrected chi connectivity index (χ1v) is 15.5. The number of carbonyl (C=O) groups is 2. The quantitative estimate of drug-likeness (QED) is 0.377. The van der Waals surface area contributed by atoms with Gasteiger partial charge in [0.1, 0.15) is 11.6 Å². The predicted molar refractivity (Wildman–Crippen MR) is 167 cm³/mol. The van der Waals surface area contributed by atoms with Gasteiger partial charge in [-0.3, -0.25) is 9.69 Å². The van der Waals surface area contributed by atoms with Crippen molar-refractivity contribution in [2.24, 2.45) is 5.92 Å². The molecule has 3 aromatic rings. The minimum absolute atomic E-state index is 0.0197. The molecule has 2 N–H and O–H groups in total. The zero-order valence-corrected chi connectivity index (χ0v) is 25.8. The third kappa shape index (κ3) is 5.42. The molecule has 0 saturated carbocycles. The van der Waals surface area contributed by atoms with Crippen LogP contribution in [-0.2, 0) is 23.3 Å². The predicted octanol–water partition coefficient (Wildman–Crippen LogP) is 5.91. The molecule has 44 heavy (non-hydrogen) atoms. The number of carbonyl (C=O) groups excluding carboxylic acids is 2. The fourth-order valence-corrected chi connectivity index (χ4v) is 7.37. The lowest BCUT2D eigenvalue weighted by molar-refractivity contribution is -0.0561. The van der Waals surface area contributed by atoms with Crippen molar-refractivity contribution < 1.29 is 28.6 Å². The molecule has 2 atom stereocenters. The Morgan fingerprint density at radius 2 is 2.02 bits per heavy atom. The van der Waals surface area contributed by atoms with Crippen LogP contribution in [-0.4, -0.2) is 62.4 Å². The summed E-state index contributed by atoms with van der Waals surface area (Å²) in [7, 11) is 3.14. The molecule has 2 bridgehead atoms. The van der Waals surface area contributed by atoms with E-state index in [-0.39, 0.29) is 18.0 Å². The Balaban J connectivity index is 1.41. The number of nitrogens with one attached hydrogen (secondary N) is 1. The van der Waals surface area contributed by atoms with Gasteiger partial charge in [-0.05, 0) is 79.8 Å². The van der Waals surface area contributed by atoms with Crippen molar-refractivity contribution in [3.63, 3.8) is 0 Å². The van der Waals surface area contributed by atoms with E-state index < -0.39 is 23.4 Å². The molecule has 1 saturated heterocycles. The van der Waals surface area contributed by atoms with Gasteiger partial charge in [-0.15, -0.1) is 0 Å². The Hall–Kier alpha value is -3.66. The summed E-state index contributed by atoms with van der Waals surface area (Å²) >= 11 is 6.90. The normalized spacial score (nSPS) is 21.2. The fourth-order valence-electron chi connectivity index (χ4n) is 7.09. The van der Waals surface area contributed by atoms with E-state index in [0.717, 1.165) is 22.4 Å². The molecule has 3 aromatic carbocycles. The molecule has 0 radical (unpaired) electrons. The molecular weight excluding hydrogens is 585 g/mol. The van der Waals surface area contributed by atoms with Gasteiger partial charge in [-0.1, -0.05) is 29.8 Å². The molecule has 8 nitrogen and oxygen atoms in total. The van der Waals surface area contributed by atoms with E-state index in [4.69, 9.17) is 21.1 Å². The summed E-state index contributed by atoms with van der Waals surface area (Å²) in [5.41, 5.74) is 3.09. The minimum Gasteiger partial charge on any atom is -0.493 e. The standard InChI is InChI=1S/C34H37ClFN3O5/c1-37-19-21-9-10-24(28(36)16-21)32(40)38-13-4-6-23(20-38)34(42)12-5-14-39(33(41)43-2)29-17-22(18-30-25(29)11-15-44-30)31-26(34)7-3-8-27(31)35/h3,7-10,16-18,23,37,42H,4-6,11-15,19-20H2,1-2H3/t23-,34?/m1/s1. The highest BCUT2D eigenvalue weighted by atomic mass is 35.5. The van der Waals surface area contributed by atoms with Crippen LogP contribution in [0.4, 0.5) is 14.9 Å². The molecule has 6 rings (SSSR count). The Labute approximate surface area is 261 Å². The number of ether oxygens (including phenoxy) is 2. The number of methoxy groups -OCH3 is 1. The van der Waals surface area contributed by atoms with Gasteiger partial charge in [0.25, 0.3) is 5.91 Å². The summed E-state index contributed by atoms with van der Waals surface area (Å²) in [6.45, 7) is 2.04. The van der Waals surface area contributed by atoms with Gasteiger partial charge in [0.05, 0.1) is 30.6 Å². The molecule has 3 aliphatic rings. The van der Waals surface area contributed by atoms with E-state index in [1.54, 1.807) is 29.0 Å². The maximum absolute atomic E-state index is 15.1. The van der Waals surface area contributed by atoms with Crippen LogP contribution in [0.1, 0.15) is 52.7 Å². The van der Waals surface area contributed by atoms with Crippen molar-refractivity contribution in [1.82, 2.24) is 10.2 Å². The Kier molecular flexibility index (Phi) is 8.55. The number of rotatable bonds is 4. The lowest BCUT2D eigenvalue weighted by Crippen LogP contribution is -2.49. The van der Waals surface area contributed by atoms with Crippen molar-refractivity contribution in [2.45, 2.75) is 44.2 Å². The van der Waals surface area contributed by atoms with Crippen LogP contribution in [0, 0.1) is 11.7 Å². The van der Waals surface area contributed by atoms with E-state index >= 15 is 4.39 Å². The first-order valence-electron chi connectivity index (χ1n) is 15.1. The number of likely N-dealkylation sites (tertiary alicyclic amines) is 1. The van der Waals surface area contributed by atoms with Gasteiger partial charge >= 0.3 is 6.09 Å². The van der Waals surface area contributed by atoms with Gasteiger partial charge in [0.2, 0.25) is 0 Å². The number of hydrogen-bond donors (Lipinski definition) is 2. The molecule has 3 aliphatic heterocycles. The maximum Gasteiger partial charge on any atom is 0.414 e. The first-order chi connectivity index (χ1) is 21.2. The summed E-state index contributed by atoms with van der Waals surface area (Å²) in [5, 5.41) is 16.2. The van der Waals surface area contributed by atoms with Crippen molar-refractivity contribution >= 4 is 29.3 Å². The monoisotopic (exact) mass is 621 g/mol. The van der Waals surface area contributed by atoms with Gasteiger partial charge in [0.15, 0.2) is 0 Å². The lowest BCUT2D eigenvalue weighted by atomic mass is 9.71. The van der Waals surface area contributed by atoms with Crippen molar-refractivity contribution in [3.05, 3.63) is 81.6 Å². The Bertz CT molecular complexity index is 1600. The topological polar surface area (TPSA) is 91.3 Å². The largest absolute Gasteiger partial charge is 0.493 e. The number of aliphatic hydroxyl groups is 1. The summed E-state index contributed by atoms with van der Waals surface area (Å²) in [6.07, 6.45) is 2.27. The molecule has 2 amide bonds. The van der Waals surface area contributed by atoms with Gasteiger partial charge < -0.3 is 24.8 Å². The number of hydrogen-bond acceptors (Lipinski definition) is 6. The summed E-state index contributed by atoms with van der Waals surface area (Å²) in [5.74, 6) is -0.633. The lowest BCUT2D eigenvalue weighted by Gasteiger charge is -2.44. The highest BCUT2D eigenvalue weighted by molar-refractivity contribution is 6.33. The number of halogens is 2. The highest BCUT2D eigenvalue weighted by Gasteiger charge is 2.44. The Morgan fingerprint density at radius 1 is 1.18 bits per heavy atom. The average Bonchev–Trinajstić information content (AvgIpc) is 3.51. The zero-order valence-electron chi connectivity index (χ0n) is 25.0. The number of benzene rings is 3. The second-order valence-corrected chi connectivity index (χ2v) is 12.2.